The minimum atomic E-state index is 0.0161. The van der Waals surface area contributed by atoms with Crippen LogP contribution in [0.15, 0.2) is 107 Å². The van der Waals surface area contributed by atoms with E-state index in [0.29, 0.717) is 12.8 Å². The average molecular weight is 541 g/mol. The van der Waals surface area contributed by atoms with Gasteiger partial charge in [-0.25, -0.2) is 0 Å². The fourth-order valence-electron chi connectivity index (χ4n) is 3.95. The maximum atomic E-state index is 12.5. The molecule has 0 aromatic heterocycles. The van der Waals surface area contributed by atoms with Crippen molar-refractivity contribution in [3.63, 3.8) is 0 Å². The van der Waals surface area contributed by atoms with Crippen molar-refractivity contribution in [1.29, 1.82) is 0 Å². The molecule has 0 aliphatic heterocycles. The zero-order chi connectivity index (χ0) is 26.7. The molecule has 0 unspecified atom stereocenters. The number of anilines is 2. The Labute approximate surface area is 233 Å². The standard InChI is InChI=1S/C32H32N2O2S2/c1-23-21-25(13-15-29(23)33-31(35)17-19-37-27-9-5-3-6-10-27)26-14-16-30(24(2)22-26)34-32(36)18-20-38-28-11-7-4-8-12-28/h3-16,21-22H,17-20H2,1-2H3,(H,33,35)(H,34,36). The van der Waals surface area contributed by atoms with Crippen LogP contribution < -0.4 is 10.6 Å². The summed E-state index contributed by atoms with van der Waals surface area (Å²) in [5.74, 6) is 1.51. The van der Waals surface area contributed by atoms with Crippen LogP contribution in [0.2, 0.25) is 0 Å². The maximum absolute atomic E-state index is 12.5. The summed E-state index contributed by atoms with van der Waals surface area (Å²) in [5.41, 5.74) is 5.82. The van der Waals surface area contributed by atoms with E-state index in [9.17, 15) is 9.59 Å². The van der Waals surface area contributed by atoms with Crippen molar-refractivity contribution in [3.05, 3.63) is 108 Å². The highest BCUT2D eigenvalue weighted by molar-refractivity contribution is 7.99. The van der Waals surface area contributed by atoms with Crippen LogP contribution in [0.3, 0.4) is 0 Å². The van der Waals surface area contributed by atoms with Gasteiger partial charge in [-0.2, -0.15) is 0 Å². The smallest absolute Gasteiger partial charge is 0.225 e. The lowest BCUT2D eigenvalue weighted by Crippen LogP contribution is -2.13. The number of nitrogens with one attached hydrogen (secondary N) is 2. The van der Waals surface area contributed by atoms with E-state index in [1.54, 1.807) is 23.5 Å². The summed E-state index contributed by atoms with van der Waals surface area (Å²) in [5, 5.41) is 6.09. The fraction of sp³-hybridized carbons (Fsp3) is 0.188. The molecule has 0 aliphatic rings. The summed E-state index contributed by atoms with van der Waals surface area (Å²) >= 11 is 3.37. The largest absolute Gasteiger partial charge is 0.326 e. The van der Waals surface area contributed by atoms with Gasteiger partial charge in [-0.05, 0) is 84.6 Å². The molecule has 194 valence electrons. The number of carbonyl (C=O) groups excluding carboxylic acids is 2. The van der Waals surface area contributed by atoms with Crippen molar-refractivity contribution in [2.24, 2.45) is 0 Å². The molecule has 4 rings (SSSR count). The highest BCUT2D eigenvalue weighted by Crippen LogP contribution is 2.29. The number of aryl methyl sites for hydroxylation is 2. The monoisotopic (exact) mass is 540 g/mol. The minimum Gasteiger partial charge on any atom is -0.326 e. The molecule has 0 spiro atoms. The van der Waals surface area contributed by atoms with Crippen molar-refractivity contribution in [3.8, 4) is 11.1 Å². The first-order chi connectivity index (χ1) is 18.5. The number of amides is 2. The summed E-state index contributed by atoms with van der Waals surface area (Å²) in [7, 11) is 0. The zero-order valence-corrected chi connectivity index (χ0v) is 23.3. The lowest BCUT2D eigenvalue weighted by atomic mass is 10.00. The van der Waals surface area contributed by atoms with E-state index in [2.05, 4.69) is 47.0 Å². The number of hydrogen-bond acceptors (Lipinski definition) is 4. The second kappa shape index (κ2) is 13.9. The van der Waals surface area contributed by atoms with Crippen molar-refractivity contribution in [2.75, 3.05) is 22.1 Å². The predicted molar refractivity (Wildman–Crippen MR) is 162 cm³/mol. The lowest BCUT2D eigenvalue weighted by Gasteiger charge is -2.13. The SMILES string of the molecule is Cc1cc(-c2ccc(NC(=O)CCSc3ccccc3)c(C)c2)ccc1NC(=O)CCSc1ccccc1. The molecular weight excluding hydrogens is 508 g/mol. The Bertz CT molecular complexity index is 1270. The molecule has 2 N–H and O–H groups in total. The molecule has 0 aliphatic carbocycles. The quantitative estimate of drug-likeness (QED) is 0.188. The molecule has 0 saturated carbocycles. The maximum Gasteiger partial charge on any atom is 0.225 e. The van der Waals surface area contributed by atoms with Crippen LogP contribution in [0.25, 0.3) is 11.1 Å². The van der Waals surface area contributed by atoms with E-state index < -0.39 is 0 Å². The molecule has 38 heavy (non-hydrogen) atoms. The van der Waals surface area contributed by atoms with Crippen LogP contribution in [0, 0.1) is 13.8 Å². The lowest BCUT2D eigenvalue weighted by molar-refractivity contribution is -0.116. The van der Waals surface area contributed by atoms with Gasteiger partial charge in [-0.1, -0.05) is 48.5 Å². The fourth-order valence-corrected chi connectivity index (χ4v) is 5.69. The Balaban J connectivity index is 1.28. The van der Waals surface area contributed by atoms with Gasteiger partial charge in [-0.3, -0.25) is 9.59 Å². The van der Waals surface area contributed by atoms with E-state index in [1.165, 1.54) is 9.79 Å². The van der Waals surface area contributed by atoms with Gasteiger partial charge in [-0.15, -0.1) is 23.5 Å². The first-order valence-corrected chi connectivity index (χ1v) is 14.6. The average Bonchev–Trinajstić information content (AvgIpc) is 2.92. The second-order valence-corrected chi connectivity index (χ2v) is 11.3. The Hall–Kier alpha value is -3.48. The molecule has 4 aromatic rings. The highest BCUT2D eigenvalue weighted by Gasteiger charge is 2.10. The minimum absolute atomic E-state index is 0.0161. The third-order valence-electron chi connectivity index (χ3n) is 6.02. The Morgan fingerprint density at radius 2 is 0.974 bits per heavy atom. The normalized spacial score (nSPS) is 10.7. The molecule has 0 bridgehead atoms. The molecule has 4 aromatic carbocycles. The summed E-state index contributed by atoms with van der Waals surface area (Å²) in [6.07, 6.45) is 0.913. The predicted octanol–water partition coefficient (Wildman–Crippen LogP) is 8.21. The molecule has 0 fully saturated rings. The third-order valence-corrected chi connectivity index (χ3v) is 8.04. The van der Waals surface area contributed by atoms with Crippen molar-refractivity contribution < 1.29 is 9.59 Å². The number of benzene rings is 4. The summed E-state index contributed by atoms with van der Waals surface area (Å²) in [4.78, 5) is 27.3. The number of rotatable bonds is 11. The summed E-state index contributed by atoms with van der Waals surface area (Å²) in [6, 6.07) is 32.4. The Morgan fingerprint density at radius 3 is 1.34 bits per heavy atom. The van der Waals surface area contributed by atoms with Crippen molar-refractivity contribution in [2.45, 2.75) is 36.5 Å². The van der Waals surface area contributed by atoms with Gasteiger partial charge in [0.1, 0.15) is 0 Å². The van der Waals surface area contributed by atoms with Gasteiger partial charge < -0.3 is 10.6 Å². The van der Waals surface area contributed by atoms with E-state index in [0.717, 1.165) is 45.1 Å². The van der Waals surface area contributed by atoms with Crippen LogP contribution in [0.1, 0.15) is 24.0 Å². The van der Waals surface area contributed by atoms with Gasteiger partial charge in [0, 0.05) is 45.5 Å². The zero-order valence-electron chi connectivity index (χ0n) is 21.7. The molecule has 4 nitrogen and oxygen atoms in total. The molecule has 2 amide bonds. The van der Waals surface area contributed by atoms with E-state index in [4.69, 9.17) is 0 Å². The Morgan fingerprint density at radius 1 is 0.579 bits per heavy atom. The van der Waals surface area contributed by atoms with Gasteiger partial charge in [0.15, 0.2) is 0 Å². The number of carbonyl (C=O) groups is 2. The first-order valence-electron chi connectivity index (χ1n) is 12.6. The van der Waals surface area contributed by atoms with Crippen LogP contribution in [-0.4, -0.2) is 23.3 Å². The molecule has 0 saturated heterocycles. The molecule has 0 heterocycles. The summed E-state index contributed by atoms with van der Waals surface area (Å²) < 4.78 is 0. The molecule has 0 atom stereocenters. The van der Waals surface area contributed by atoms with Crippen LogP contribution >= 0.6 is 23.5 Å². The van der Waals surface area contributed by atoms with Crippen molar-refractivity contribution >= 4 is 46.7 Å². The van der Waals surface area contributed by atoms with Gasteiger partial charge in [0.2, 0.25) is 11.8 Å². The summed E-state index contributed by atoms with van der Waals surface area (Å²) in [6.45, 7) is 4.01. The topological polar surface area (TPSA) is 58.2 Å². The van der Waals surface area contributed by atoms with E-state index in [-0.39, 0.29) is 11.8 Å². The van der Waals surface area contributed by atoms with Crippen molar-refractivity contribution in [1.82, 2.24) is 0 Å². The van der Waals surface area contributed by atoms with Gasteiger partial charge in [0.05, 0.1) is 0 Å². The van der Waals surface area contributed by atoms with Crippen LogP contribution in [0.5, 0.6) is 0 Å². The molecule has 0 radical (unpaired) electrons. The van der Waals surface area contributed by atoms with E-state index >= 15 is 0 Å². The molecular formula is C32H32N2O2S2. The van der Waals surface area contributed by atoms with Crippen LogP contribution in [-0.2, 0) is 9.59 Å². The number of thioether (sulfide) groups is 2. The third kappa shape index (κ3) is 8.27. The number of hydrogen-bond donors (Lipinski definition) is 2. The van der Waals surface area contributed by atoms with E-state index in [1.807, 2.05) is 74.5 Å². The second-order valence-electron chi connectivity index (χ2n) is 8.98. The Kier molecular flexibility index (Phi) is 10.1. The van der Waals surface area contributed by atoms with Gasteiger partial charge in [0.25, 0.3) is 0 Å². The molecule has 6 heteroatoms. The van der Waals surface area contributed by atoms with Crippen LogP contribution in [0.4, 0.5) is 11.4 Å². The first kappa shape index (κ1) is 27.6. The highest BCUT2D eigenvalue weighted by atomic mass is 32.2. The van der Waals surface area contributed by atoms with Gasteiger partial charge >= 0.3 is 0 Å².